The highest BCUT2D eigenvalue weighted by molar-refractivity contribution is 5.95. The molecule has 5 heteroatoms. The van der Waals surface area contributed by atoms with Crippen molar-refractivity contribution in [2.45, 2.75) is 65.7 Å². The van der Waals surface area contributed by atoms with E-state index in [1.807, 2.05) is 13.8 Å². The third-order valence-corrected chi connectivity index (χ3v) is 4.62. The number of imidazole rings is 1. The first-order chi connectivity index (χ1) is 12.5. The zero-order chi connectivity index (χ0) is 19.5. The molecule has 0 bridgehead atoms. The molecule has 0 atom stereocenters. The minimum Gasteiger partial charge on any atom is -0.462 e. The summed E-state index contributed by atoms with van der Waals surface area (Å²) in [5.74, 6) is 0.221. The minimum atomic E-state index is -0.368. The fourth-order valence-corrected chi connectivity index (χ4v) is 2.85. The summed E-state index contributed by atoms with van der Waals surface area (Å²) in [6.45, 7) is 14.1. The second-order valence-corrected chi connectivity index (χ2v) is 6.50. The van der Waals surface area contributed by atoms with Crippen LogP contribution in [0.15, 0.2) is 36.7 Å². The van der Waals surface area contributed by atoms with E-state index in [1.54, 1.807) is 12.4 Å². The fourth-order valence-electron chi connectivity index (χ4n) is 2.85. The molecule has 0 radical (unpaired) electrons. The van der Waals surface area contributed by atoms with Crippen LogP contribution in [0.25, 0.3) is 0 Å². The van der Waals surface area contributed by atoms with Gasteiger partial charge < -0.3 is 4.74 Å². The summed E-state index contributed by atoms with van der Waals surface area (Å²) in [5, 5.41) is 0. The number of hydrogen-bond acceptors (Lipinski definition) is 4. The predicted octanol–water partition coefficient (Wildman–Crippen LogP) is 4.74. The van der Waals surface area contributed by atoms with Crippen molar-refractivity contribution in [3.8, 4) is 0 Å². The van der Waals surface area contributed by atoms with Crippen LogP contribution in [-0.2, 0) is 16.0 Å². The van der Waals surface area contributed by atoms with Crippen LogP contribution in [0.2, 0.25) is 0 Å². The Labute approximate surface area is 157 Å². The molecule has 0 saturated carbocycles. The third kappa shape index (κ3) is 6.28. The number of esters is 1. The fraction of sp³-hybridized carbons (Fsp3) is 0.571. The number of rotatable bonds is 12. The van der Waals surface area contributed by atoms with Crippen molar-refractivity contribution in [2.24, 2.45) is 5.92 Å². The van der Waals surface area contributed by atoms with Gasteiger partial charge in [-0.25, -0.2) is 9.78 Å². The van der Waals surface area contributed by atoms with Crippen LogP contribution in [0, 0.1) is 5.92 Å². The van der Waals surface area contributed by atoms with Gasteiger partial charge in [-0.3, -0.25) is 9.36 Å². The summed E-state index contributed by atoms with van der Waals surface area (Å²) in [6.07, 6.45) is 9.15. The van der Waals surface area contributed by atoms with Gasteiger partial charge in [-0.1, -0.05) is 46.8 Å². The van der Waals surface area contributed by atoms with Crippen molar-refractivity contribution in [1.29, 1.82) is 0 Å². The summed E-state index contributed by atoms with van der Waals surface area (Å²) < 4.78 is 6.81. The molecule has 0 saturated heterocycles. The first-order valence-electron chi connectivity index (χ1n) is 9.56. The van der Waals surface area contributed by atoms with Gasteiger partial charge in [-0.05, 0) is 31.6 Å². The highest BCUT2D eigenvalue weighted by Crippen LogP contribution is 2.18. The average Bonchev–Trinajstić information content (AvgIpc) is 3.10. The van der Waals surface area contributed by atoms with Gasteiger partial charge in [0.05, 0.1) is 6.61 Å². The maximum absolute atomic E-state index is 12.5. The van der Waals surface area contributed by atoms with E-state index in [0.29, 0.717) is 29.8 Å². The van der Waals surface area contributed by atoms with Gasteiger partial charge in [0.1, 0.15) is 5.82 Å². The van der Waals surface area contributed by atoms with Gasteiger partial charge in [0.15, 0.2) is 0 Å². The topological polar surface area (TPSA) is 61.2 Å². The first-order valence-corrected chi connectivity index (χ1v) is 9.56. The molecule has 5 nitrogen and oxygen atoms in total. The van der Waals surface area contributed by atoms with Crippen molar-refractivity contribution in [2.75, 3.05) is 6.61 Å². The molecule has 0 aliphatic heterocycles. The van der Waals surface area contributed by atoms with Crippen LogP contribution >= 0.6 is 0 Å². The molecule has 0 spiro atoms. The average molecular weight is 360 g/mol. The van der Waals surface area contributed by atoms with Crippen LogP contribution in [0.4, 0.5) is 0 Å². The van der Waals surface area contributed by atoms with E-state index in [2.05, 4.69) is 25.1 Å². The van der Waals surface area contributed by atoms with E-state index < -0.39 is 0 Å². The molecule has 0 fully saturated rings. The monoisotopic (exact) mass is 360 g/mol. The molecule has 1 aromatic rings. The number of aromatic nitrogens is 2. The molecule has 0 aromatic carbocycles. The van der Waals surface area contributed by atoms with E-state index in [-0.39, 0.29) is 24.4 Å². The molecule has 26 heavy (non-hydrogen) atoms. The molecule has 0 aliphatic rings. The van der Waals surface area contributed by atoms with Crippen molar-refractivity contribution >= 4 is 11.9 Å². The van der Waals surface area contributed by atoms with Gasteiger partial charge in [-0.15, -0.1) is 0 Å². The number of hydrogen-bond donors (Lipinski definition) is 0. The van der Waals surface area contributed by atoms with Gasteiger partial charge in [-0.2, -0.15) is 0 Å². The summed E-state index contributed by atoms with van der Waals surface area (Å²) in [4.78, 5) is 28.8. The zero-order valence-corrected chi connectivity index (χ0v) is 16.4. The molecule has 1 rings (SSSR count). The molecule has 1 heterocycles. The lowest BCUT2D eigenvalue weighted by atomic mass is 9.95. The molecule has 0 unspecified atom stereocenters. The quantitative estimate of drug-likeness (QED) is 0.307. The number of unbranched alkanes of at least 4 members (excludes halogenated alkanes) is 2. The summed E-state index contributed by atoms with van der Waals surface area (Å²) in [5.41, 5.74) is 1.09. The molecule has 0 aliphatic carbocycles. The molecular formula is C21H32N2O3. The van der Waals surface area contributed by atoms with E-state index in [4.69, 9.17) is 4.74 Å². The Hall–Kier alpha value is -2.17. The Morgan fingerprint density at radius 2 is 1.88 bits per heavy atom. The van der Waals surface area contributed by atoms with Gasteiger partial charge in [0.25, 0.3) is 5.91 Å². The number of carbonyl (C=O) groups is 2. The van der Waals surface area contributed by atoms with Crippen LogP contribution in [0.5, 0.6) is 0 Å². The molecule has 1 aromatic heterocycles. The molecular weight excluding hydrogens is 328 g/mol. The summed E-state index contributed by atoms with van der Waals surface area (Å²) in [6, 6.07) is 0. The Balaban J connectivity index is 2.56. The molecule has 144 valence electrons. The predicted molar refractivity (Wildman–Crippen MR) is 104 cm³/mol. The largest absolute Gasteiger partial charge is 0.462 e. The lowest BCUT2D eigenvalue weighted by Crippen LogP contribution is -2.19. The van der Waals surface area contributed by atoms with Crippen LogP contribution in [-0.4, -0.2) is 28.0 Å². The normalized spacial score (nSPS) is 10.8. The van der Waals surface area contributed by atoms with Gasteiger partial charge >= 0.3 is 5.97 Å². The number of allylic oxidation sites excluding steroid dienone is 1. The maximum atomic E-state index is 12.5. The SMILES string of the molecule is C=C(CCCCC)C(=O)n1ccnc1CCOC(=O)C(=C)C(CC)CC. The van der Waals surface area contributed by atoms with E-state index in [1.165, 1.54) is 4.57 Å². The minimum absolute atomic E-state index is 0.138. The lowest BCUT2D eigenvalue weighted by molar-refractivity contribution is -0.139. The summed E-state index contributed by atoms with van der Waals surface area (Å²) in [7, 11) is 0. The van der Waals surface area contributed by atoms with Crippen molar-refractivity contribution in [3.63, 3.8) is 0 Å². The van der Waals surface area contributed by atoms with Gasteiger partial charge in [0, 0.05) is 30.0 Å². The highest BCUT2D eigenvalue weighted by Gasteiger charge is 2.18. The first kappa shape index (κ1) is 21.9. The van der Waals surface area contributed by atoms with Crippen molar-refractivity contribution in [1.82, 2.24) is 9.55 Å². The van der Waals surface area contributed by atoms with Crippen LogP contribution in [0.1, 0.15) is 69.9 Å². The Bertz CT molecular complexity index is 627. The van der Waals surface area contributed by atoms with Crippen LogP contribution < -0.4 is 0 Å². The number of carbonyl (C=O) groups excluding carboxylic acids is 2. The van der Waals surface area contributed by atoms with E-state index in [9.17, 15) is 9.59 Å². The molecule has 0 N–H and O–H groups in total. The second kappa shape index (κ2) is 11.4. The van der Waals surface area contributed by atoms with Crippen molar-refractivity contribution < 1.29 is 14.3 Å². The third-order valence-electron chi connectivity index (χ3n) is 4.62. The van der Waals surface area contributed by atoms with Gasteiger partial charge in [0.2, 0.25) is 0 Å². The zero-order valence-electron chi connectivity index (χ0n) is 16.4. The number of ether oxygens (including phenoxy) is 1. The number of nitrogens with zero attached hydrogens (tertiary/aromatic N) is 2. The maximum Gasteiger partial charge on any atom is 0.333 e. The van der Waals surface area contributed by atoms with E-state index in [0.717, 1.165) is 32.1 Å². The highest BCUT2D eigenvalue weighted by atomic mass is 16.5. The Kier molecular flexibility index (Phi) is 9.63. The Morgan fingerprint density at radius 1 is 1.19 bits per heavy atom. The van der Waals surface area contributed by atoms with E-state index >= 15 is 0 Å². The van der Waals surface area contributed by atoms with Crippen molar-refractivity contribution in [3.05, 3.63) is 42.5 Å². The standard InChI is InChI=1S/C21H32N2O3/c1-6-9-10-11-16(4)20(24)23-14-13-22-19(23)12-15-26-21(25)17(5)18(7-2)8-3/h13-14,18H,4-12,15H2,1-3H3. The lowest BCUT2D eigenvalue weighted by Gasteiger charge is -2.14. The summed E-state index contributed by atoms with van der Waals surface area (Å²) >= 11 is 0. The second-order valence-electron chi connectivity index (χ2n) is 6.50. The molecule has 0 amide bonds. The smallest absolute Gasteiger partial charge is 0.333 e. The Morgan fingerprint density at radius 3 is 2.50 bits per heavy atom. The van der Waals surface area contributed by atoms with Crippen LogP contribution in [0.3, 0.4) is 0 Å².